The maximum Gasteiger partial charge on any atom is 0.0208 e. The average Bonchev–Trinajstić information content (AvgIpc) is 2.45. The van der Waals surface area contributed by atoms with E-state index in [0.717, 1.165) is 13.0 Å². The maximum absolute atomic E-state index is 3.81. The van der Waals surface area contributed by atoms with Crippen LogP contribution in [-0.4, -0.2) is 6.04 Å². The second-order valence-corrected chi connectivity index (χ2v) is 5.28. The van der Waals surface area contributed by atoms with Gasteiger partial charge in [-0.1, -0.05) is 62.6 Å². The first-order chi connectivity index (χ1) is 9.36. The molecule has 1 aromatic rings. The monoisotopic (exact) mass is 259 g/mol. The molecule has 0 bridgehead atoms. The van der Waals surface area contributed by atoms with E-state index in [-0.39, 0.29) is 0 Å². The van der Waals surface area contributed by atoms with Crippen LogP contribution in [0, 0.1) is 0 Å². The average molecular weight is 259 g/mol. The van der Waals surface area contributed by atoms with Crippen LogP contribution in [-0.2, 0) is 6.54 Å². The van der Waals surface area contributed by atoms with Crippen LogP contribution in [0.15, 0.2) is 43.0 Å². The van der Waals surface area contributed by atoms with E-state index in [4.69, 9.17) is 0 Å². The second kappa shape index (κ2) is 10.8. The third kappa shape index (κ3) is 7.84. The topological polar surface area (TPSA) is 12.0 Å². The van der Waals surface area contributed by atoms with Gasteiger partial charge in [0.05, 0.1) is 0 Å². The van der Waals surface area contributed by atoms with Gasteiger partial charge in [-0.25, -0.2) is 0 Å². The van der Waals surface area contributed by atoms with Gasteiger partial charge in [0.2, 0.25) is 0 Å². The van der Waals surface area contributed by atoms with Gasteiger partial charge in [-0.15, -0.1) is 6.58 Å². The molecule has 0 saturated heterocycles. The lowest BCUT2D eigenvalue weighted by atomic mass is 10.0. The third-order valence-electron chi connectivity index (χ3n) is 3.55. The quantitative estimate of drug-likeness (QED) is 0.431. The minimum absolute atomic E-state index is 0.659. The number of nitrogens with one attached hydrogen (secondary N) is 1. The van der Waals surface area contributed by atoms with Crippen LogP contribution in [0.5, 0.6) is 0 Å². The Labute approximate surface area is 119 Å². The molecular formula is C18H29N. The predicted octanol–water partition coefficient (Wildman–Crippen LogP) is 5.08. The molecule has 106 valence electrons. The molecule has 0 saturated carbocycles. The minimum Gasteiger partial charge on any atom is -0.310 e. The lowest BCUT2D eigenvalue weighted by molar-refractivity contribution is 0.424. The second-order valence-electron chi connectivity index (χ2n) is 5.28. The van der Waals surface area contributed by atoms with Crippen LogP contribution in [0.25, 0.3) is 0 Å². The van der Waals surface area contributed by atoms with E-state index in [1.807, 2.05) is 6.08 Å². The Bertz CT molecular complexity index is 318. The first-order valence-electron chi connectivity index (χ1n) is 7.75. The number of hydrogen-bond acceptors (Lipinski definition) is 1. The van der Waals surface area contributed by atoms with E-state index in [9.17, 15) is 0 Å². The lowest BCUT2D eigenvalue weighted by Crippen LogP contribution is -2.28. The summed E-state index contributed by atoms with van der Waals surface area (Å²) in [4.78, 5) is 0. The van der Waals surface area contributed by atoms with Crippen molar-refractivity contribution in [2.24, 2.45) is 0 Å². The van der Waals surface area contributed by atoms with E-state index in [1.54, 1.807) is 0 Å². The Morgan fingerprint density at radius 3 is 2.53 bits per heavy atom. The van der Waals surface area contributed by atoms with Crippen molar-refractivity contribution in [2.75, 3.05) is 0 Å². The number of allylic oxidation sites excluding steroid dienone is 1. The summed E-state index contributed by atoms with van der Waals surface area (Å²) in [5, 5.41) is 3.72. The summed E-state index contributed by atoms with van der Waals surface area (Å²) in [6.45, 7) is 7.07. The van der Waals surface area contributed by atoms with E-state index in [2.05, 4.69) is 49.2 Å². The van der Waals surface area contributed by atoms with Crippen LogP contribution in [0.4, 0.5) is 0 Å². The lowest BCUT2D eigenvalue weighted by Gasteiger charge is -2.18. The zero-order valence-electron chi connectivity index (χ0n) is 12.4. The van der Waals surface area contributed by atoms with Gasteiger partial charge in [-0.3, -0.25) is 0 Å². The molecular weight excluding hydrogens is 230 g/mol. The molecule has 1 aromatic carbocycles. The highest BCUT2D eigenvalue weighted by Gasteiger charge is 2.07. The van der Waals surface area contributed by atoms with Gasteiger partial charge in [-0.05, 0) is 31.2 Å². The van der Waals surface area contributed by atoms with Crippen LogP contribution < -0.4 is 5.32 Å². The van der Waals surface area contributed by atoms with Gasteiger partial charge >= 0.3 is 0 Å². The van der Waals surface area contributed by atoms with Gasteiger partial charge in [0, 0.05) is 12.6 Å². The van der Waals surface area contributed by atoms with Crippen molar-refractivity contribution in [1.29, 1.82) is 0 Å². The molecule has 0 unspecified atom stereocenters. The number of unbranched alkanes of at least 4 members (excludes halogenated alkanes) is 3. The fraction of sp³-hybridized carbons (Fsp3) is 0.556. The molecule has 1 atom stereocenters. The first-order valence-corrected chi connectivity index (χ1v) is 7.75. The first kappa shape index (κ1) is 16.0. The molecule has 0 fully saturated rings. The SMILES string of the molecule is C=CCCC[C@H](CCCCC)NCc1ccccc1. The van der Waals surface area contributed by atoms with Gasteiger partial charge in [-0.2, -0.15) is 0 Å². The molecule has 0 heterocycles. The molecule has 0 aliphatic rings. The number of benzene rings is 1. The molecule has 0 amide bonds. The van der Waals surface area contributed by atoms with Crippen molar-refractivity contribution in [3.63, 3.8) is 0 Å². The third-order valence-corrected chi connectivity index (χ3v) is 3.55. The van der Waals surface area contributed by atoms with E-state index in [0.29, 0.717) is 6.04 Å². The standard InChI is InChI=1S/C18H29N/c1-3-5-8-14-18(15-9-6-4-2)19-16-17-12-10-7-11-13-17/h3,7,10-13,18-19H,1,4-6,8-9,14-16H2,2H3/t18-/m1/s1. The summed E-state index contributed by atoms with van der Waals surface area (Å²) in [6.07, 6.45) is 11.0. The summed E-state index contributed by atoms with van der Waals surface area (Å²) in [7, 11) is 0. The molecule has 0 radical (unpaired) electrons. The molecule has 1 heteroatoms. The van der Waals surface area contributed by atoms with Gasteiger partial charge in [0.15, 0.2) is 0 Å². The van der Waals surface area contributed by atoms with Crippen molar-refractivity contribution in [2.45, 2.75) is 64.5 Å². The highest BCUT2D eigenvalue weighted by Crippen LogP contribution is 2.11. The highest BCUT2D eigenvalue weighted by atomic mass is 14.9. The van der Waals surface area contributed by atoms with Crippen LogP contribution >= 0.6 is 0 Å². The van der Waals surface area contributed by atoms with Crippen molar-refractivity contribution in [3.8, 4) is 0 Å². The predicted molar refractivity (Wildman–Crippen MR) is 85.3 cm³/mol. The molecule has 19 heavy (non-hydrogen) atoms. The van der Waals surface area contributed by atoms with E-state index >= 15 is 0 Å². The zero-order chi connectivity index (χ0) is 13.8. The molecule has 1 nitrogen and oxygen atoms in total. The van der Waals surface area contributed by atoms with Gasteiger partial charge in [0.1, 0.15) is 0 Å². The number of hydrogen-bond donors (Lipinski definition) is 1. The number of rotatable bonds is 11. The van der Waals surface area contributed by atoms with Crippen molar-refractivity contribution < 1.29 is 0 Å². The fourth-order valence-corrected chi connectivity index (χ4v) is 2.36. The molecule has 0 aliphatic heterocycles. The summed E-state index contributed by atoms with van der Waals surface area (Å²) >= 11 is 0. The molecule has 0 spiro atoms. The van der Waals surface area contributed by atoms with E-state index < -0.39 is 0 Å². The molecule has 1 rings (SSSR count). The van der Waals surface area contributed by atoms with Crippen LogP contribution in [0.1, 0.15) is 57.4 Å². The molecule has 1 N–H and O–H groups in total. The largest absolute Gasteiger partial charge is 0.310 e. The fourth-order valence-electron chi connectivity index (χ4n) is 2.36. The highest BCUT2D eigenvalue weighted by molar-refractivity contribution is 5.14. The Morgan fingerprint density at radius 2 is 1.84 bits per heavy atom. The Hall–Kier alpha value is -1.08. The van der Waals surface area contributed by atoms with E-state index in [1.165, 1.54) is 44.1 Å². The Morgan fingerprint density at radius 1 is 1.11 bits per heavy atom. The van der Waals surface area contributed by atoms with Crippen molar-refractivity contribution in [1.82, 2.24) is 5.32 Å². The summed E-state index contributed by atoms with van der Waals surface area (Å²) in [5.74, 6) is 0. The maximum atomic E-state index is 3.81. The smallest absolute Gasteiger partial charge is 0.0208 e. The summed E-state index contributed by atoms with van der Waals surface area (Å²) in [5.41, 5.74) is 1.38. The van der Waals surface area contributed by atoms with Gasteiger partial charge < -0.3 is 5.32 Å². The summed E-state index contributed by atoms with van der Waals surface area (Å²) < 4.78 is 0. The van der Waals surface area contributed by atoms with Crippen LogP contribution in [0.2, 0.25) is 0 Å². The van der Waals surface area contributed by atoms with Crippen molar-refractivity contribution >= 4 is 0 Å². The zero-order valence-corrected chi connectivity index (χ0v) is 12.4. The Balaban J connectivity index is 2.32. The van der Waals surface area contributed by atoms with Gasteiger partial charge in [0.25, 0.3) is 0 Å². The van der Waals surface area contributed by atoms with Crippen LogP contribution in [0.3, 0.4) is 0 Å². The summed E-state index contributed by atoms with van der Waals surface area (Å²) in [6, 6.07) is 11.3. The molecule has 0 aromatic heterocycles. The molecule has 0 aliphatic carbocycles. The normalized spacial score (nSPS) is 12.3. The Kier molecular flexibility index (Phi) is 9.09. The minimum atomic E-state index is 0.659. The van der Waals surface area contributed by atoms with Crippen molar-refractivity contribution in [3.05, 3.63) is 48.6 Å².